The van der Waals surface area contributed by atoms with Gasteiger partial charge in [-0.3, -0.25) is 13.9 Å². The number of fused-ring (bicyclic) bond motifs is 2. The van der Waals surface area contributed by atoms with Gasteiger partial charge in [0, 0.05) is 53.9 Å². The zero-order valence-electron chi connectivity index (χ0n) is 20.8. The molecule has 6 rings (SSSR count). The Labute approximate surface area is 220 Å². The van der Waals surface area contributed by atoms with Gasteiger partial charge in [-0.25, -0.2) is 15.0 Å². The molecule has 9 nitrogen and oxygen atoms in total. The average molecular weight is 533 g/mol. The van der Waals surface area contributed by atoms with E-state index in [1.165, 1.54) is 5.69 Å². The molecule has 39 heavy (non-hydrogen) atoms. The number of pyridine rings is 1. The van der Waals surface area contributed by atoms with Crippen LogP contribution in [0.2, 0.25) is 0 Å². The normalized spacial score (nSPS) is 15.3. The first kappa shape index (κ1) is 24.6. The SMILES string of the molecule is Cn1ncc2c1CCCC2c1nc(-c2ccc(C(=O)Nc3cc(C(F)(F)F)ccn3)cc2)c2c(N)nccn12. The lowest BCUT2D eigenvalue weighted by atomic mass is 9.86. The molecule has 0 saturated carbocycles. The third-order valence-electron chi connectivity index (χ3n) is 7.05. The standard InChI is InChI=1S/C27H23F3N8O/c1-37-20-4-2-3-18(19(20)14-34-37)25-36-22(23-24(31)33-11-12-38(23)25)15-5-7-16(8-6-15)26(39)35-21-13-17(9-10-32-21)27(28,29)30/h5-14,18H,2-4H2,1H3,(H2,31,33)(H,32,35,39). The summed E-state index contributed by atoms with van der Waals surface area (Å²) >= 11 is 0. The molecular formula is C27H23F3N8O. The van der Waals surface area contributed by atoms with Crippen LogP contribution in [-0.4, -0.2) is 35.0 Å². The summed E-state index contributed by atoms with van der Waals surface area (Å²) in [4.78, 5) is 25.8. The molecule has 12 heteroatoms. The summed E-state index contributed by atoms with van der Waals surface area (Å²) in [6, 6.07) is 8.24. The van der Waals surface area contributed by atoms with E-state index >= 15 is 0 Å². The van der Waals surface area contributed by atoms with E-state index in [9.17, 15) is 18.0 Å². The van der Waals surface area contributed by atoms with Crippen LogP contribution < -0.4 is 11.1 Å². The van der Waals surface area contributed by atoms with Crippen molar-refractivity contribution in [1.82, 2.24) is 29.1 Å². The maximum absolute atomic E-state index is 13.0. The number of nitrogens with zero attached hydrogens (tertiary/aromatic N) is 6. The van der Waals surface area contributed by atoms with Gasteiger partial charge in [-0.2, -0.15) is 18.3 Å². The molecule has 0 fully saturated rings. The number of alkyl halides is 3. The Morgan fingerprint density at radius 1 is 1.13 bits per heavy atom. The maximum atomic E-state index is 13.0. The number of imidazole rings is 1. The Balaban J connectivity index is 1.33. The highest BCUT2D eigenvalue weighted by Crippen LogP contribution is 2.39. The van der Waals surface area contributed by atoms with Crippen LogP contribution in [-0.2, 0) is 19.6 Å². The van der Waals surface area contributed by atoms with Crippen LogP contribution in [0.25, 0.3) is 16.8 Å². The van der Waals surface area contributed by atoms with Crippen LogP contribution in [0.4, 0.5) is 24.8 Å². The molecule has 0 radical (unpaired) electrons. The number of rotatable bonds is 4. The summed E-state index contributed by atoms with van der Waals surface area (Å²) in [5.74, 6) is 0.419. The molecule has 0 spiro atoms. The van der Waals surface area contributed by atoms with Crippen LogP contribution in [0, 0.1) is 0 Å². The van der Waals surface area contributed by atoms with Crippen molar-refractivity contribution in [2.75, 3.05) is 11.1 Å². The van der Waals surface area contributed by atoms with Gasteiger partial charge in [0.2, 0.25) is 0 Å². The van der Waals surface area contributed by atoms with E-state index in [4.69, 9.17) is 10.7 Å². The smallest absolute Gasteiger partial charge is 0.382 e. The number of hydrogen-bond donors (Lipinski definition) is 2. The Hall–Kier alpha value is -4.74. The number of halogens is 3. The van der Waals surface area contributed by atoms with Crippen LogP contribution >= 0.6 is 0 Å². The van der Waals surface area contributed by atoms with Gasteiger partial charge in [-0.15, -0.1) is 0 Å². The molecular weight excluding hydrogens is 509 g/mol. The number of anilines is 2. The highest BCUT2D eigenvalue weighted by molar-refractivity contribution is 6.04. The molecule has 0 aliphatic heterocycles. The fraction of sp³-hybridized carbons (Fsp3) is 0.222. The van der Waals surface area contributed by atoms with Crippen molar-refractivity contribution in [3.63, 3.8) is 0 Å². The van der Waals surface area contributed by atoms with Gasteiger partial charge in [0.1, 0.15) is 28.7 Å². The molecule has 0 bridgehead atoms. The maximum Gasteiger partial charge on any atom is 0.416 e. The highest BCUT2D eigenvalue weighted by Gasteiger charge is 2.31. The van der Waals surface area contributed by atoms with E-state index < -0.39 is 17.6 Å². The van der Waals surface area contributed by atoms with Crippen molar-refractivity contribution < 1.29 is 18.0 Å². The summed E-state index contributed by atoms with van der Waals surface area (Å²) in [6.07, 6.45) is 4.73. The van der Waals surface area contributed by atoms with Gasteiger partial charge in [0.05, 0.1) is 11.8 Å². The quantitative estimate of drug-likeness (QED) is 0.342. The van der Waals surface area contributed by atoms with Crippen molar-refractivity contribution in [2.45, 2.75) is 31.4 Å². The number of aryl methyl sites for hydroxylation is 1. The second-order valence-electron chi connectivity index (χ2n) is 9.42. The minimum Gasteiger partial charge on any atom is -0.382 e. The predicted octanol–water partition coefficient (Wildman–Crippen LogP) is 4.85. The lowest BCUT2D eigenvalue weighted by Crippen LogP contribution is -2.14. The predicted molar refractivity (Wildman–Crippen MR) is 138 cm³/mol. The average Bonchev–Trinajstić information content (AvgIpc) is 3.50. The Bertz CT molecular complexity index is 1700. The Morgan fingerprint density at radius 3 is 2.69 bits per heavy atom. The second kappa shape index (κ2) is 9.22. The summed E-state index contributed by atoms with van der Waals surface area (Å²) < 4.78 is 42.9. The van der Waals surface area contributed by atoms with Crippen LogP contribution in [0.3, 0.4) is 0 Å². The first-order valence-electron chi connectivity index (χ1n) is 12.3. The zero-order valence-corrected chi connectivity index (χ0v) is 20.8. The number of carbonyl (C=O) groups is 1. The number of carbonyl (C=O) groups excluding carboxylic acids is 1. The van der Waals surface area contributed by atoms with Crippen molar-refractivity contribution in [2.24, 2.45) is 7.05 Å². The van der Waals surface area contributed by atoms with E-state index in [1.54, 1.807) is 30.5 Å². The van der Waals surface area contributed by atoms with E-state index in [-0.39, 0.29) is 17.3 Å². The molecule has 1 amide bonds. The van der Waals surface area contributed by atoms with Crippen molar-refractivity contribution in [1.29, 1.82) is 0 Å². The fourth-order valence-corrected chi connectivity index (χ4v) is 5.15. The third-order valence-corrected chi connectivity index (χ3v) is 7.05. The highest BCUT2D eigenvalue weighted by atomic mass is 19.4. The minimum absolute atomic E-state index is 0.0375. The summed E-state index contributed by atoms with van der Waals surface area (Å²) in [5.41, 5.74) is 10.00. The number of nitrogens with two attached hydrogens (primary N) is 1. The minimum atomic E-state index is -4.54. The van der Waals surface area contributed by atoms with E-state index in [0.29, 0.717) is 17.0 Å². The molecule has 5 aromatic rings. The number of nitrogens with one attached hydrogen (secondary N) is 1. The van der Waals surface area contributed by atoms with Gasteiger partial charge >= 0.3 is 6.18 Å². The number of amides is 1. The Morgan fingerprint density at radius 2 is 1.92 bits per heavy atom. The number of aromatic nitrogens is 6. The third kappa shape index (κ3) is 4.37. The second-order valence-corrected chi connectivity index (χ2v) is 9.42. The lowest BCUT2D eigenvalue weighted by Gasteiger charge is -2.21. The molecule has 1 aromatic carbocycles. The van der Waals surface area contributed by atoms with Gasteiger partial charge in [0.25, 0.3) is 5.91 Å². The van der Waals surface area contributed by atoms with Crippen molar-refractivity contribution in [3.05, 3.63) is 89.4 Å². The van der Waals surface area contributed by atoms with Gasteiger partial charge in [0.15, 0.2) is 0 Å². The summed E-state index contributed by atoms with van der Waals surface area (Å²) in [5, 5.41) is 6.87. The first-order chi connectivity index (χ1) is 18.7. The number of nitrogen functional groups attached to an aromatic ring is 1. The number of benzene rings is 1. The van der Waals surface area contributed by atoms with Crippen LogP contribution in [0.1, 0.15) is 51.8 Å². The molecule has 3 N–H and O–H groups in total. The lowest BCUT2D eigenvalue weighted by molar-refractivity contribution is -0.137. The van der Waals surface area contributed by atoms with E-state index in [1.807, 2.05) is 28.5 Å². The molecule has 198 valence electrons. The van der Waals surface area contributed by atoms with Crippen molar-refractivity contribution in [3.8, 4) is 11.3 Å². The van der Waals surface area contributed by atoms with E-state index in [0.717, 1.165) is 54.5 Å². The molecule has 4 aromatic heterocycles. The van der Waals surface area contributed by atoms with E-state index in [2.05, 4.69) is 20.4 Å². The van der Waals surface area contributed by atoms with Crippen molar-refractivity contribution >= 4 is 23.1 Å². The molecule has 1 unspecified atom stereocenters. The zero-order chi connectivity index (χ0) is 27.3. The summed E-state index contributed by atoms with van der Waals surface area (Å²) in [7, 11) is 1.94. The van der Waals surface area contributed by atoms with Crippen LogP contribution in [0.5, 0.6) is 0 Å². The Kier molecular flexibility index (Phi) is 5.82. The molecule has 1 aliphatic rings. The van der Waals surface area contributed by atoms with Gasteiger partial charge < -0.3 is 11.1 Å². The fourth-order valence-electron chi connectivity index (χ4n) is 5.15. The molecule has 0 saturated heterocycles. The molecule has 4 heterocycles. The summed E-state index contributed by atoms with van der Waals surface area (Å²) in [6.45, 7) is 0. The monoisotopic (exact) mass is 532 g/mol. The van der Waals surface area contributed by atoms with Gasteiger partial charge in [-0.1, -0.05) is 12.1 Å². The number of hydrogen-bond acceptors (Lipinski definition) is 6. The topological polar surface area (TPSA) is 116 Å². The van der Waals surface area contributed by atoms with Gasteiger partial charge in [-0.05, 0) is 43.5 Å². The molecule has 1 aliphatic carbocycles. The molecule has 1 atom stereocenters. The largest absolute Gasteiger partial charge is 0.416 e. The first-order valence-corrected chi connectivity index (χ1v) is 12.3. The van der Waals surface area contributed by atoms with Crippen LogP contribution in [0.15, 0.2) is 61.2 Å².